The number of nitrogens with one attached hydrogen (secondary N) is 2. The maximum absolute atomic E-state index is 13.9. The van der Waals surface area contributed by atoms with E-state index >= 15 is 0 Å². The van der Waals surface area contributed by atoms with Gasteiger partial charge in [-0.1, -0.05) is 12.1 Å². The number of amides is 1. The molecular formula is C14H11F2N3O4. The molecule has 0 aromatic heterocycles. The molecule has 3 N–H and O–H groups in total. The Labute approximate surface area is 128 Å². The van der Waals surface area contributed by atoms with Gasteiger partial charge in [0.2, 0.25) is 0 Å². The second-order valence-corrected chi connectivity index (χ2v) is 4.52. The van der Waals surface area contributed by atoms with E-state index in [1.165, 1.54) is 24.3 Å². The summed E-state index contributed by atoms with van der Waals surface area (Å²) in [5.41, 5.74) is -0.666. The van der Waals surface area contributed by atoms with E-state index in [1.54, 1.807) is 5.32 Å². The number of rotatable bonds is 5. The molecule has 2 rings (SSSR count). The fraction of sp³-hybridized carbons (Fsp3) is 0.0714. The van der Waals surface area contributed by atoms with Gasteiger partial charge in [0.05, 0.1) is 4.92 Å². The number of carboxylic acid groups (broad SMARTS) is 1. The molecule has 0 aliphatic heterocycles. The molecule has 0 saturated heterocycles. The van der Waals surface area contributed by atoms with E-state index in [0.29, 0.717) is 5.56 Å². The van der Waals surface area contributed by atoms with Crippen LogP contribution in [0.2, 0.25) is 0 Å². The van der Waals surface area contributed by atoms with Crippen molar-refractivity contribution in [1.29, 1.82) is 0 Å². The van der Waals surface area contributed by atoms with Crippen LogP contribution in [0.4, 0.5) is 30.6 Å². The smallest absolute Gasteiger partial charge is 0.409 e. The SMILES string of the molecule is O=C(O)Nc1c(F)cc(NCc2ccc(F)cc2)cc1[N+](=O)[O-]. The molecule has 2 aromatic carbocycles. The van der Waals surface area contributed by atoms with Gasteiger partial charge in [0.15, 0.2) is 11.5 Å². The number of halogens is 2. The van der Waals surface area contributed by atoms with E-state index in [4.69, 9.17) is 5.11 Å². The summed E-state index contributed by atoms with van der Waals surface area (Å²) in [6, 6.07) is 7.46. The predicted octanol–water partition coefficient (Wildman–Crippen LogP) is 3.58. The molecule has 23 heavy (non-hydrogen) atoms. The van der Waals surface area contributed by atoms with Crippen molar-refractivity contribution in [2.45, 2.75) is 6.54 Å². The number of nitrogens with zero attached hydrogens (tertiary/aromatic N) is 1. The van der Waals surface area contributed by atoms with E-state index in [9.17, 15) is 23.7 Å². The van der Waals surface area contributed by atoms with Crippen LogP contribution < -0.4 is 10.6 Å². The first-order valence-corrected chi connectivity index (χ1v) is 6.33. The van der Waals surface area contributed by atoms with Crippen LogP contribution in [-0.4, -0.2) is 16.1 Å². The average molecular weight is 323 g/mol. The lowest BCUT2D eigenvalue weighted by Gasteiger charge is -2.10. The number of hydrogen-bond donors (Lipinski definition) is 3. The summed E-state index contributed by atoms with van der Waals surface area (Å²) in [5.74, 6) is -1.48. The lowest BCUT2D eigenvalue weighted by Crippen LogP contribution is -2.11. The number of nitro benzene ring substituents is 1. The molecule has 0 heterocycles. The third kappa shape index (κ3) is 4.13. The zero-order valence-corrected chi connectivity index (χ0v) is 11.5. The summed E-state index contributed by atoms with van der Waals surface area (Å²) in [4.78, 5) is 20.6. The standard InChI is InChI=1S/C14H11F2N3O4/c15-9-3-1-8(2-4-9)7-17-10-5-11(16)13(18-14(20)21)12(6-10)19(22)23/h1-6,17-18H,7H2,(H,20,21). The summed E-state index contributed by atoms with van der Waals surface area (Å²) in [7, 11) is 0. The zero-order valence-electron chi connectivity index (χ0n) is 11.5. The molecule has 0 saturated carbocycles. The van der Waals surface area contributed by atoms with Gasteiger partial charge in [0.25, 0.3) is 5.69 Å². The van der Waals surface area contributed by atoms with Crippen molar-refractivity contribution >= 4 is 23.2 Å². The van der Waals surface area contributed by atoms with Gasteiger partial charge in [-0.15, -0.1) is 0 Å². The molecule has 9 heteroatoms. The maximum atomic E-state index is 13.9. The highest BCUT2D eigenvalue weighted by molar-refractivity contribution is 5.87. The van der Waals surface area contributed by atoms with Gasteiger partial charge >= 0.3 is 6.09 Å². The van der Waals surface area contributed by atoms with Crippen molar-refractivity contribution in [3.8, 4) is 0 Å². The van der Waals surface area contributed by atoms with Crippen molar-refractivity contribution in [2.75, 3.05) is 10.6 Å². The first-order valence-electron chi connectivity index (χ1n) is 6.33. The Morgan fingerprint density at radius 3 is 2.43 bits per heavy atom. The second kappa shape index (κ2) is 6.69. The number of hydrogen-bond acceptors (Lipinski definition) is 4. The predicted molar refractivity (Wildman–Crippen MR) is 78.4 cm³/mol. The zero-order chi connectivity index (χ0) is 17.0. The Morgan fingerprint density at radius 1 is 1.22 bits per heavy atom. The van der Waals surface area contributed by atoms with Crippen LogP contribution >= 0.6 is 0 Å². The number of carbonyl (C=O) groups is 1. The van der Waals surface area contributed by atoms with Gasteiger partial charge in [-0.3, -0.25) is 15.4 Å². The molecule has 0 bridgehead atoms. The Kier molecular flexibility index (Phi) is 4.69. The number of nitro groups is 1. The molecule has 0 aliphatic rings. The molecule has 1 amide bonds. The normalized spacial score (nSPS) is 10.2. The minimum atomic E-state index is -1.61. The van der Waals surface area contributed by atoms with Crippen LogP contribution in [0.25, 0.3) is 0 Å². The van der Waals surface area contributed by atoms with E-state index in [1.807, 2.05) is 0 Å². The van der Waals surface area contributed by atoms with Crippen LogP contribution in [-0.2, 0) is 6.54 Å². The largest absolute Gasteiger partial charge is 0.465 e. The number of benzene rings is 2. The first-order chi connectivity index (χ1) is 10.9. The van der Waals surface area contributed by atoms with E-state index in [-0.39, 0.29) is 12.2 Å². The van der Waals surface area contributed by atoms with Crippen molar-refractivity contribution < 1.29 is 23.6 Å². The highest BCUT2D eigenvalue weighted by Gasteiger charge is 2.21. The summed E-state index contributed by atoms with van der Waals surface area (Å²) >= 11 is 0. The number of anilines is 2. The topological polar surface area (TPSA) is 104 Å². The third-order valence-electron chi connectivity index (χ3n) is 2.91. The van der Waals surface area contributed by atoms with Crippen LogP contribution in [0.1, 0.15) is 5.56 Å². The minimum Gasteiger partial charge on any atom is -0.465 e. The van der Waals surface area contributed by atoms with E-state index in [0.717, 1.165) is 12.1 Å². The summed E-state index contributed by atoms with van der Waals surface area (Å²) in [5, 5.41) is 24.0. The Bertz CT molecular complexity index is 750. The van der Waals surface area contributed by atoms with Crippen LogP contribution in [0, 0.1) is 21.7 Å². The Balaban J connectivity index is 2.24. The van der Waals surface area contributed by atoms with Crippen LogP contribution in [0.3, 0.4) is 0 Å². The van der Waals surface area contributed by atoms with Crippen molar-refractivity contribution in [3.05, 3.63) is 63.7 Å². The van der Waals surface area contributed by atoms with Gasteiger partial charge in [-0.2, -0.15) is 0 Å². The average Bonchev–Trinajstić information content (AvgIpc) is 2.48. The molecule has 120 valence electrons. The highest BCUT2D eigenvalue weighted by Crippen LogP contribution is 2.31. The Hall–Kier alpha value is -3.23. The molecule has 0 atom stereocenters. The molecule has 0 aliphatic carbocycles. The van der Waals surface area contributed by atoms with Crippen LogP contribution in [0.5, 0.6) is 0 Å². The fourth-order valence-corrected chi connectivity index (χ4v) is 1.88. The van der Waals surface area contributed by atoms with Crippen LogP contribution in [0.15, 0.2) is 36.4 Å². The van der Waals surface area contributed by atoms with Gasteiger partial charge in [0, 0.05) is 18.3 Å². The lowest BCUT2D eigenvalue weighted by molar-refractivity contribution is -0.384. The maximum Gasteiger partial charge on any atom is 0.409 e. The minimum absolute atomic E-state index is 0.0921. The molecule has 0 spiro atoms. The van der Waals surface area contributed by atoms with Gasteiger partial charge in [-0.05, 0) is 23.8 Å². The van der Waals surface area contributed by atoms with E-state index < -0.39 is 34.0 Å². The molecule has 0 fully saturated rings. The van der Waals surface area contributed by atoms with Gasteiger partial charge < -0.3 is 10.4 Å². The molecule has 0 radical (unpaired) electrons. The molecule has 7 nitrogen and oxygen atoms in total. The van der Waals surface area contributed by atoms with Gasteiger partial charge in [-0.25, -0.2) is 13.6 Å². The summed E-state index contributed by atoms with van der Waals surface area (Å²) < 4.78 is 26.7. The monoisotopic (exact) mass is 323 g/mol. The summed E-state index contributed by atoms with van der Waals surface area (Å²) in [6.07, 6.45) is -1.61. The van der Waals surface area contributed by atoms with Crippen molar-refractivity contribution in [1.82, 2.24) is 0 Å². The molecular weight excluding hydrogens is 312 g/mol. The van der Waals surface area contributed by atoms with Crippen molar-refractivity contribution in [3.63, 3.8) is 0 Å². The lowest BCUT2D eigenvalue weighted by atomic mass is 10.2. The fourth-order valence-electron chi connectivity index (χ4n) is 1.88. The van der Waals surface area contributed by atoms with Gasteiger partial charge in [0.1, 0.15) is 5.82 Å². The first kappa shape index (κ1) is 16.1. The summed E-state index contributed by atoms with van der Waals surface area (Å²) in [6.45, 7) is 0.183. The molecule has 0 unspecified atom stereocenters. The Morgan fingerprint density at radius 2 is 1.87 bits per heavy atom. The highest BCUT2D eigenvalue weighted by atomic mass is 19.1. The third-order valence-corrected chi connectivity index (χ3v) is 2.91. The second-order valence-electron chi connectivity index (χ2n) is 4.52. The van der Waals surface area contributed by atoms with E-state index in [2.05, 4.69) is 5.32 Å². The van der Waals surface area contributed by atoms with Crippen molar-refractivity contribution in [2.24, 2.45) is 0 Å². The quantitative estimate of drug-likeness (QED) is 0.576. The molecule has 2 aromatic rings.